The van der Waals surface area contributed by atoms with Gasteiger partial charge in [-0.1, -0.05) is 6.92 Å². The molecule has 0 aromatic heterocycles. The lowest BCUT2D eigenvalue weighted by atomic mass is 9.62. The van der Waals surface area contributed by atoms with E-state index in [1.807, 2.05) is 6.92 Å². The average Bonchev–Trinajstić information content (AvgIpc) is 2.08. The molecule has 0 atom stereocenters. The minimum Gasteiger partial charge on any atom is -0.336 e. The summed E-state index contributed by atoms with van der Waals surface area (Å²) in [6, 6.07) is 0. The number of nitrogens with zero attached hydrogens (tertiary/aromatic N) is 1. The van der Waals surface area contributed by atoms with Crippen LogP contribution in [0.1, 0.15) is 19.8 Å². The van der Waals surface area contributed by atoms with E-state index in [1.54, 1.807) is 0 Å². The lowest BCUT2D eigenvalue weighted by Crippen LogP contribution is -2.55. The molecule has 1 fully saturated rings. The van der Waals surface area contributed by atoms with Gasteiger partial charge in [0.25, 0.3) is 0 Å². The van der Waals surface area contributed by atoms with Crippen LogP contribution in [-0.2, 0) is 4.79 Å². The summed E-state index contributed by atoms with van der Waals surface area (Å²) >= 11 is 0. The van der Waals surface area contributed by atoms with E-state index in [0.29, 0.717) is 18.8 Å². The van der Waals surface area contributed by atoms with Gasteiger partial charge in [-0.25, -0.2) is 0 Å². The van der Waals surface area contributed by atoms with Gasteiger partial charge in [0, 0.05) is 13.6 Å². The van der Waals surface area contributed by atoms with Gasteiger partial charge in [0.15, 0.2) is 0 Å². The fourth-order valence-electron chi connectivity index (χ4n) is 2.45. The Morgan fingerprint density at radius 3 is 2.31 bits per heavy atom. The summed E-state index contributed by atoms with van der Waals surface area (Å²) in [5.41, 5.74) is 4.75. The van der Waals surface area contributed by atoms with E-state index in [9.17, 15) is 18.0 Å². The fourth-order valence-corrected chi connectivity index (χ4v) is 2.45. The molecule has 0 saturated heterocycles. The van der Waals surface area contributed by atoms with E-state index in [2.05, 4.69) is 0 Å². The Kier molecular flexibility index (Phi) is 3.52. The lowest BCUT2D eigenvalue weighted by molar-refractivity contribution is -0.169. The van der Waals surface area contributed by atoms with Gasteiger partial charge < -0.3 is 10.6 Å². The van der Waals surface area contributed by atoms with E-state index in [4.69, 9.17) is 5.73 Å². The Labute approximate surface area is 92.8 Å². The topological polar surface area (TPSA) is 46.3 Å². The summed E-state index contributed by atoms with van der Waals surface area (Å²) in [5, 5.41) is 0. The maximum atomic E-state index is 12.1. The van der Waals surface area contributed by atoms with Crippen molar-refractivity contribution in [3.8, 4) is 0 Å². The molecule has 16 heavy (non-hydrogen) atoms. The number of nitrogens with two attached hydrogens (primary N) is 1. The van der Waals surface area contributed by atoms with Crippen LogP contribution >= 0.6 is 0 Å². The van der Waals surface area contributed by atoms with Crippen molar-refractivity contribution in [2.24, 2.45) is 17.1 Å². The second-order valence-corrected chi connectivity index (χ2v) is 4.77. The molecule has 1 saturated carbocycles. The van der Waals surface area contributed by atoms with E-state index >= 15 is 0 Å². The maximum Gasteiger partial charge on any atom is 0.406 e. The third-order valence-electron chi connectivity index (χ3n) is 3.09. The first-order valence-electron chi connectivity index (χ1n) is 5.22. The molecule has 0 aliphatic heterocycles. The van der Waals surface area contributed by atoms with Crippen molar-refractivity contribution in [1.82, 2.24) is 4.90 Å². The zero-order chi connectivity index (χ0) is 12.6. The van der Waals surface area contributed by atoms with Crippen LogP contribution in [0.2, 0.25) is 0 Å². The minimum absolute atomic E-state index is 0.123. The number of halogens is 3. The molecule has 0 heterocycles. The van der Waals surface area contributed by atoms with Crippen molar-refractivity contribution in [3.63, 3.8) is 0 Å². The standard InChI is InChI=1S/C10H17F3N2O/c1-7-3-9(4-7,5-14)8(16)15(2)6-10(11,12)13/h7H,3-6,14H2,1-2H3. The molecule has 0 bridgehead atoms. The summed E-state index contributed by atoms with van der Waals surface area (Å²) in [7, 11) is 1.18. The molecule has 2 N–H and O–H groups in total. The highest BCUT2D eigenvalue weighted by Gasteiger charge is 2.49. The highest BCUT2D eigenvalue weighted by molar-refractivity contribution is 5.83. The van der Waals surface area contributed by atoms with E-state index < -0.39 is 24.0 Å². The highest BCUT2D eigenvalue weighted by Crippen LogP contribution is 2.46. The van der Waals surface area contributed by atoms with Crippen LogP contribution in [0.25, 0.3) is 0 Å². The van der Waals surface area contributed by atoms with Gasteiger partial charge in [-0.05, 0) is 18.8 Å². The zero-order valence-electron chi connectivity index (χ0n) is 9.47. The Morgan fingerprint density at radius 1 is 1.50 bits per heavy atom. The van der Waals surface area contributed by atoms with Crippen LogP contribution in [0, 0.1) is 11.3 Å². The summed E-state index contributed by atoms with van der Waals surface area (Å²) in [4.78, 5) is 12.6. The van der Waals surface area contributed by atoms with Crippen LogP contribution in [0.4, 0.5) is 13.2 Å². The molecule has 0 aromatic rings. The Hall–Kier alpha value is -0.780. The van der Waals surface area contributed by atoms with E-state index in [0.717, 1.165) is 4.90 Å². The number of hydrogen-bond acceptors (Lipinski definition) is 2. The second kappa shape index (κ2) is 4.24. The number of rotatable bonds is 3. The Morgan fingerprint density at radius 2 is 2.00 bits per heavy atom. The molecule has 0 aromatic carbocycles. The fraction of sp³-hybridized carbons (Fsp3) is 0.900. The smallest absolute Gasteiger partial charge is 0.336 e. The summed E-state index contributed by atoms with van der Waals surface area (Å²) in [6.07, 6.45) is -3.18. The van der Waals surface area contributed by atoms with Gasteiger partial charge in [-0.3, -0.25) is 4.79 Å². The van der Waals surface area contributed by atoms with Crippen molar-refractivity contribution in [1.29, 1.82) is 0 Å². The largest absolute Gasteiger partial charge is 0.406 e. The number of carbonyl (C=O) groups is 1. The third kappa shape index (κ3) is 2.66. The van der Waals surface area contributed by atoms with Crippen LogP contribution in [0.15, 0.2) is 0 Å². The van der Waals surface area contributed by atoms with Gasteiger partial charge in [-0.15, -0.1) is 0 Å². The van der Waals surface area contributed by atoms with Gasteiger partial charge in [0.1, 0.15) is 6.54 Å². The van der Waals surface area contributed by atoms with Gasteiger partial charge in [0.2, 0.25) is 5.91 Å². The lowest BCUT2D eigenvalue weighted by Gasteiger charge is -2.46. The minimum atomic E-state index is -4.35. The van der Waals surface area contributed by atoms with Crippen molar-refractivity contribution >= 4 is 5.91 Å². The first kappa shape index (κ1) is 13.3. The Balaban J connectivity index is 2.63. The van der Waals surface area contributed by atoms with Crippen molar-refractivity contribution in [2.45, 2.75) is 25.9 Å². The second-order valence-electron chi connectivity index (χ2n) is 4.77. The first-order valence-corrected chi connectivity index (χ1v) is 5.22. The van der Waals surface area contributed by atoms with Gasteiger partial charge in [-0.2, -0.15) is 13.2 Å². The Bertz CT molecular complexity index is 272. The third-order valence-corrected chi connectivity index (χ3v) is 3.09. The normalized spacial score (nSPS) is 29.8. The van der Waals surface area contributed by atoms with Gasteiger partial charge in [0.05, 0.1) is 5.41 Å². The van der Waals surface area contributed by atoms with Crippen molar-refractivity contribution in [3.05, 3.63) is 0 Å². The van der Waals surface area contributed by atoms with Crippen molar-refractivity contribution in [2.75, 3.05) is 20.1 Å². The molecular weight excluding hydrogens is 221 g/mol. The average molecular weight is 238 g/mol. The highest BCUT2D eigenvalue weighted by atomic mass is 19.4. The predicted molar refractivity (Wildman–Crippen MR) is 53.6 cm³/mol. The molecule has 1 aliphatic rings. The molecule has 0 radical (unpaired) electrons. The van der Waals surface area contributed by atoms with Crippen LogP contribution < -0.4 is 5.73 Å². The van der Waals surface area contributed by atoms with E-state index in [-0.39, 0.29) is 6.54 Å². The molecule has 0 unspecified atom stereocenters. The number of carbonyl (C=O) groups excluding carboxylic acids is 1. The molecule has 0 spiro atoms. The SMILES string of the molecule is CC1CC(CN)(C(=O)N(C)CC(F)(F)F)C1. The van der Waals surface area contributed by atoms with Crippen molar-refractivity contribution < 1.29 is 18.0 Å². The number of hydrogen-bond donors (Lipinski definition) is 1. The van der Waals surface area contributed by atoms with Crippen LogP contribution in [0.3, 0.4) is 0 Å². The molecule has 94 valence electrons. The monoisotopic (exact) mass is 238 g/mol. The summed E-state index contributed by atoms with van der Waals surface area (Å²) < 4.78 is 36.4. The molecular formula is C10H17F3N2O. The summed E-state index contributed by atoms with van der Waals surface area (Å²) in [5.74, 6) is -0.114. The van der Waals surface area contributed by atoms with Crippen LogP contribution in [-0.4, -0.2) is 37.1 Å². The van der Waals surface area contributed by atoms with Gasteiger partial charge >= 0.3 is 6.18 Å². The molecule has 1 rings (SSSR count). The predicted octanol–water partition coefficient (Wildman–Crippen LogP) is 1.38. The zero-order valence-corrected chi connectivity index (χ0v) is 9.47. The molecule has 6 heteroatoms. The quantitative estimate of drug-likeness (QED) is 0.807. The first-order chi connectivity index (χ1) is 7.20. The molecule has 1 aliphatic carbocycles. The molecule has 3 nitrogen and oxygen atoms in total. The number of alkyl halides is 3. The van der Waals surface area contributed by atoms with E-state index in [1.165, 1.54) is 7.05 Å². The summed E-state index contributed by atoms with van der Waals surface area (Å²) in [6.45, 7) is 0.880. The molecule has 1 amide bonds. The van der Waals surface area contributed by atoms with Crippen LogP contribution in [0.5, 0.6) is 0 Å². The maximum absolute atomic E-state index is 12.1. The number of amides is 1.